The Hall–Kier alpha value is -1.58. The first kappa shape index (κ1) is 14.4. The van der Waals surface area contributed by atoms with Crippen molar-refractivity contribution in [2.45, 2.75) is 25.9 Å². The Labute approximate surface area is 129 Å². The fraction of sp³-hybridized carbons (Fsp3) is 0.294. The first-order chi connectivity index (χ1) is 10.1. The number of hydrogen-bond donors (Lipinski definition) is 1. The molecule has 0 spiro atoms. The molecule has 1 heterocycles. The highest BCUT2D eigenvalue weighted by molar-refractivity contribution is 6.31. The number of nitrogens with zero attached hydrogens (tertiary/aromatic N) is 1. The van der Waals surface area contributed by atoms with Crippen LogP contribution in [0.2, 0.25) is 5.02 Å². The standard InChI is InChI=1S/C17H18ClFN2/c1-11(14-6-5-13(19)9-16(14)18)21-8-7-15-12(10-21)3-2-4-17(15)20/h2-6,9,11H,7-8,10,20H2,1H3. The molecule has 1 aliphatic heterocycles. The minimum Gasteiger partial charge on any atom is -0.398 e. The molecule has 0 aliphatic carbocycles. The van der Waals surface area contributed by atoms with Gasteiger partial charge in [0.15, 0.2) is 0 Å². The first-order valence-electron chi connectivity index (χ1n) is 7.11. The predicted molar refractivity (Wildman–Crippen MR) is 84.8 cm³/mol. The molecule has 2 N–H and O–H groups in total. The highest BCUT2D eigenvalue weighted by Gasteiger charge is 2.24. The molecule has 0 saturated carbocycles. The lowest BCUT2D eigenvalue weighted by atomic mass is 9.95. The van der Waals surface area contributed by atoms with E-state index in [-0.39, 0.29) is 11.9 Å². The Morgan fingerprint density at radius 1 is 1.29 bits per heavy atom. The number of nitrogen functional groups attached to an aromatic ring is 1. The van der Waals surface area contributed by atoms with Crippen molar-refractivity contribution in [3.05, 3.63) is 63.9 Å². The maximum Gasteiger partial charge on any atom is 0.124 e. The molecule has 21 heavy (non-hydrogen) atoms. The van der Waals surface area contributed by atoms with Crippen molar-refractivity contribution in [1.82, 2.24) is 4.90 Å². The summed E-state index contributed by atoms with van der Waals surface area (Å²) in [5.74, 6) is -0.298. The summed E-state index contributed by atoms with van der Waals surface area (Å²) in [4.78, 5) is 2.35. The molecule has 0 saturated heterocycles. The largest absolute Gasteiger partial charge is 0.398 e. The van der Waals surface area contributed by atoms with Gasteiger partial charge in [-0.2, -0.15) is 0 Å². The van der Waals surface area contributed by atoms with Crippen LogP contribution in [0.1, 0.15) is 29.7 Å². The fourth-order valence-electron chi connectivity index (χ4n) is 3.03. The summed E-state index contributed by atoms with van der Waals surface area (Å²) in [5.41, 5.74) is 10.4. The number of halogens is 2. The minimum absolute atomic E-state index is 0.146. The van der Waals surface area contributed by atoms with Crippen LogP contribution in [0.15, 0.2) is 36.4 Å². The van der Waals surface area contributed by atoms with Crippen LogP contribution in [0.3, 0.4) is 0 Å². The van der Waals surface area contributed by atoms with Gasteiger partial charge in [-0.25, -0.2) is 4.39 Å². The molecular weight excluding hydrogens is 287 g/mol. The molecule has 4 heteroatoms. The second-order valence-electron chi connectivity index (χ2n) is 5.55. The highest BCUT2D eigenvalue weighted by atomic mass is 35.5. The van der Waals surface area contributed by atoms with Gasteiger partial charge < -0.3 is 5.73 Å². The average molecular weight is 305 g/mol. The van der Waals surface area contributed by atoms with Crippen LogP contribution < -0.4 is 5.73 Å². The van der Waals surface area contributed by atoms with Crippen molar-refractivity contribution in [3.8, 4) is 0 Å². The summed E-state index contributed by atoms with van der Waals surface area (Å²) in [6.45, 7) is 3.88. The Balaban J connectivity index is 1.85. The van der Waals surface area contributed by atoms with Gasteiger partial charge in [-0.15, -0.1) is 0 Å². The molecule has 0 amide bonds. The van der Waals surface area contributed by atoms with E-state index in [1.54, 1.807) is 6.07 Å². The smallest absolute Gasteiger partial charge is 0.124 e. The van der Waals surface area contributed by atoms with Crippen LogP contribution >= 0.6 is 11.6 Å². The van der Waals surface area contributed by atoms with Gasteiger partial charge in [0.05, 0.1) is 0 Å². The molecule has 0 fully saturated rings. The summed E-state index contributed by atoms with van der Waals surface area (Å²) in [6.07, 6.45) is 0.936. The minimum atomic E-state index is -0.298. The monoisotopic (exact) mass is 304 g/mol. The Morgan fingerprint density at radius 3 is 2.86 bits per heavy atom. The molecule has 2 nitrogen and oxygen atoms in total. The molecule has 1 aliphatic rings. The summed E-state index contributed by atoms with van der Waals surface area (Å²) in [5, 5.41) is 0.487. The van der Waals surface area contributed by atoms with E-state index in [2.05, 4.69) is 17.9 Å². The fourth-order valence-corrected chi connectivity index (χ4v) is 3.35. The zero-order valence-electron chi connectivity index (χ0n) is 11.9. The summed E-state index contributed by atoms with van der Waals surface area (Å²) >= 11 is 6.18. The highest BCUT2D eigenvalue weighted by Crippen LogP contribution is 2.33. The Morgan fingerprint density at radius 2 is 2.10 bits per heavy atom. The summed E-state index contributed by atoms with van der Waals surface area (Å²) in [6, 6.07) is 10.8. The van der Waals surface area contributed by atoms with Crippen molar-refractivity contribution < 1.29 is 4.39 Å². The molecule has 0 radical (unpaired) electrons. The zero-order chi connectivity index (χ0) is 15.0. The molecule has 0 bridgehead atoms. The second kappa shape index (κ2) is 5.66. The summed E-state index contributed by atoms with van der Waals surface area (Å²) in [7, 11) is 0. The average Bonchev–Trinajstić information content (AvgIpc) is 2.46. The normalized spacial score (nSPS) is 16.5. The molecule has 1 unspecified atom stereocenters. The third kappa shape index (κ3) is 2.76. The third-order valence-electron chi connectivity index (χ3n) is 4.29. The van der Waals surface area contributed by atoms with Gasteiger partial charge in [0.1, 0.15) is 5.82 Å². The van der Waals surface area contributed by atoms with Crippen molar-refractivity contribution in [3.63, 3.8) is 0 Å². The van der Waals surface area contributed by atoms with E-state index in [1.807, 2.05) is 12.1 Å². The summed E-state index contributed by atoms with van der Waals surface area (Å²) < 4.78 is 13.2. The lowest BCUT2D eigenvalue weighted by Crippen LogP contribution is -2.33. The van der Waals surface area contributed by atoms with Gasteiger partial charge in [-0.05, 0) is 48.2 Å². The maximum atomic E-state index is 13.2. The molecule has 2 aromatic rings. The first-order valence-corrected chi connectivity index (χ1v) is 7.49. The van der Waals surface area contributed by atoms with E-state index in [1.165, 1.54) is 23.3 Å². The van der Waals surface area contributed by atoms with Crippen molar-refractivity contribution in [2.75, 3.05) is 12.3 Å². The maximum absolute atomic E-state index is 13.2. The van der Waals surface area contributed by atoms with Gasteiger partial charge in [-0.3, -0.25) is 4.90 Å². The van der Waals surface area contributed by atoms with Crippen LogP contribution in [0.5, 0.6) is 0 Å². The number of anilines is 1. The van der Waals surface area contributed by atoms with Crippen LogP contribution in [0.4, 0.5) is 10.1 Å². The zero-order valence-corrected chi connectivity index (χ0v) is 12.7. The molecule has 1 atom stereocenters. The molecular formula is C17H18ClFN2. The van der Waals surface area contributed by atoms with Crippen molar-refractivity contribution in [2.24, 2.45) is 0 Å². The second-order valence-corrected chi connectivity index (χ2v) is 5.95. The van der Waals surface area contributed by atoms with Gasteiger partial charge in [-0.1, -0.05) is 29.8 Å². The van der Waals surface area contributed by atoms with E-state index in [9.17, 15) is 4.39 Å². The number of hydrogen-bond acceptors (Lipinski definition) is 2. The van der Waals surface area contributed by atoms with E-state index < -0.39 is 0 Å². The lowest BCUT2D eigenvalue weighted by molar-refractivity contribution is 0.192. The van der Waals surface area contributed by atoms with Gasteiger partial charge in [0, 0.05) is 29.8 Å². The van der Waals surface area contributed by atoms with Crippen LogP contribution in [-0.4, -0.2) is 11.4 Å². The van der Waals surface area contributed by atoms with Crippen LogP contribution in [0.25, 0.3) is 0 Å². The SMILES string of the molecule is CC(c1ccc(F)cc1Cl)N1CCc2c(N)cccc2C1. The topological polar surface area (TPSA) is 29.3 Å². The molecule has 3 rings (SSSR count). The third-order valence-corrected chi connectivity index (χ3v) is 4.62. The van der Waals surface area contributed by atoms with Gasteiger partial charge in [0.25, 0.3) is 0 Å². The number of benzene rings is 2. The Kier molecular flexibility index (Phi) is 3.87. The Bertz CT molecular complexity index is 672. The molecule has 0 aromatic heterocycles. The van der Waals surface area contributed by atoms with Crippen LogP contribution in [0, 0.1) is 5.82 Å². The number of nitrogens with two attached hydrogens (primary N) is 1. The van der Waals surface area contributed by atoms with Crippen LogP contribution in [-0.2, 0) is 13.0 Å². The van der Waals surface area contributed by atoms with E-state index >= 15 is 0 Å². The van der Waals surface area contributed by atoms with E-state index in [4.69, 9.17) is 17.3 Å². The molecule has 110 valence electrons. The van der Waals surface area contributed by atoms with Gasteiger partial charge in [0.2, 0.25) is 0 Å². The quantitative estimate of drug-likeness (QED) is 0.843. The van der Waals surface area contributed by atoms with Crippen molar-refractivity contribution >= 4 is 17.3 Å². The van der Waals surface area contributed by atoms with Gasteiger partial charge >= 0.3 is 0 Å². The lowest BCUT2D eigenvalue weighted by Gasteiger charge is -2.34. The van der Waals surface area contributed by atoms with Crippen molar-refractivity contribution in [1.29, 1.82) is 0 Å². The number of fused-ring (bicyclic) bond motifs is 1. The van der Waals surface area contributed by atoms with E-state index in [0.717, 1.165) is 30.8 Å². The predicted octanol–water partition coefficient (Wildman–Crippen LogP) is 4.18. The number of rotatable bonds is 2. The molecule has 2 aromatic carbocycles. The van der Waals surface area contributed by atoms with E-state index in [0.29, 0.717) is 5.02 Å².